The van der Waals surface area contributed by atoms with Crippen molar-refractivity contribution in [2.24, 2.45) is 0 Å². The van der Waals surface area contributed by atoms with Crippen LogP contribution >= 0.6 is 15.9 Å². The highest BCUT2D eigenvalue weighted by Crippen LogP contribution is 2.33. The Labute approximate surface area is 189 Å². The van der Waals surface area contributed by atoms with Gasteiger partial charge in [0.05, 0.1) is 12.9 Å². The third-order valence-electron chi connectivity index (χ3n) is 4.87. The average molecular weight is 504 g/mol. The Morgan fingerprint density at radius 3 is 2.45 bits per heavy atom. The monoisotopic (exact) mass is 503 g/mol. The fourth-order valence-corrected chi connectivity index (χ4v) is 4.38. The van der Waals surface area contributed by atoms with Crippen molar-refractivity contribution in [2.75, 3.05) is 19.1 Å². The predicted octanol–water partition coefficient (Wildman–Crippen LogP) is 3.98. The van der Waals surface area contributed by atoms with Gasteiger partial charge in [-0.05, 0) is 46.5 Å². The molecule has 0 saturated carbocycles. The summed E-state index contributed by atoms with van der Waals surface area (Å²) in [5, 5.41) is 4.66. The van der Waals surface area contributed by atoms with Crippen molar-refractivity contribution in [1.82, 2.24) is 5.32 Å². The summed E-state index contributed by atoms with van der Waals surface area (Å²) in [7, 11) is -2.11. The molecule has 0 aliphatic rings. The summed E-state index contributed by atoms with van der Waals surface area (Å²) < 4.78 is 28.6. The summed E-state index contributed by atoms with van der Waals surface area (Å²) in [5.74, 6) is -1.43. The molecule has 0 fully saturated rings. The Balaban J connectivity index is 2.01. The Bertz CT molecular complexity index is 1230. The minimum Gasteiger partial charge on any atom is -0.467 e. The summed E-state index contributed by atoms with van der Waals surface area (Å²) in [6.45, 7) is 0. The largest absolute Gasteiger partial charge is 0.467 e. The molecule has 3 rings (SSSR count). The first kappa shape index (κ1) is 23.0. The zero-order valence-electron chi connectivity index (χ0n) is 17.1. The first-order valence-corrected chi connectivity index (χ1v) is 12.4. The lowest BCUT2D eigenvalue weighted by Gasteiger charge is -2.18. The molecule has 3 aromatic rings. The lowest BCUT2D eigenvalue weighted by molar-refractivity contribution is -0.142. The van der Waals surface area contributed by atoms with Gasteiger partial charge in [0.1, 0.15) is 15.9 Å². The maximum absolute atomic E-state index is 13.2. The molecule has 31 heavy (non-hydrogen) atoms. The van der Waals surface area contributed by atoms with Gasteiger partial charge in [0.15, 0.2) is 0 Å². The first-order chi connectivity index (χ1) is 14.7. The van der Waals surface area contributed by atoms with Crippen LogP contribution in [0.25, 0.3) is 21.9 Å². The maximum atomic E-state index is 13.2. The standard InChI is InChI=1S/C23H22BrNO5S/c1-30-23(27)21(12-13-31(2,28)29)25-22(26)19-11-10-16(24)14-20(19)18-9-5-7-15-6-3-4-8-17(15)18/h3-11,14,21H,12-13H2,1-2H3,(H,25,26)/t21-/m0/s1. The second-order valence-corrected chi connectivity index (χ2v) is 10.4. The summed E-state index contributed by atoms with van der Waals surface area (Å²) in [6, 6.07) is 17.9. The number of sulfone groups is 1. The number of benzene rings is 3. The topological polar surface area (TPSA) is 89.5 Å². The number of methoxy groups -OCH3 is 1. The predicted molar refractivity (Wildman–Crippen MR) is 125 cm³/mol. The molecule has 1 atom stereocenters. The Kier molecular flexibility index (Phi) is 7.12. The normalized spacial score (nSPS) is 12.4. The molecule has 0 unspecified atom stereocenters. The third kappa shape index (κ3) is 5.71. The smallest absolute Gasteiger partial charge is 0.328 e. The third-order valence-corrected chi connectivity index (χ3v) is 6.34. The molecule has 0 bridgehead atoms. The van der Waals surface area contributed by atoms with Gasteiger partial charge < -0.3 is 10.1 Å². The second kappa shape index (κ2) is 9.62. The van der Waals surface area contributed by atoms with E-state index in [0.29, 0.717) is 11.1 Å². The number of amides is 1. The van der Waals surface area contributed by atoms with E-state index in [1.165, 1.54) is 7.11 Å². The van der Waals surface area contributed by atoms with E-state index < -0.39 is 27.8 Å². The number of ether oxygens (including phenoxy) is 1. The van der Waals surface area contributed by atoms with Crippen LogP contribution in [0.5, 0.6) is 0 Å². The summed E-state index contributed by atoms with van der Waals surface area (Å²) in [4.78, 5) is 25.3. The number of carbonyl (C=O) groups excluding carboxylic acids is 2. The molecule has 0 aliphatic carbocycles. The van der Waals surface area contributed by atoms with Crippen LogP contribution in [0.2, 0.25) is 0 Å². The van der Waals surface area contributed by atoms with E-state index >= 15 is 0 Å². The van der Waals surface area contributed by atoms with Crippen molar-refractivity contribution in [2.45, 2.75) is 12.5 Å². The summed E-state index contributed by atoms with van der Waals surface area (Å²) in [5.41, 5.74) is 1.93. The summed E-state index contributed by atoms with van der Waals surface area (Å²) >= 11 is 3.47. The molecule has 1 N–H and O–H groups in total. The van der Waals surface area contributed by atoms with Crippen molar-refractivity contribution in [3.63, 3.8) is 0 Å². The Hall–Kier alpha value is -2.71. The van der Waals surface area contributed by atoms with Crippen molar-refractivity contribution in [3.8, 4) is 11.1 Å². The second-order valence-electron chi connectivity index (χ2n) is 7.18. The van der Waals surface area contributed by atoms with Crippen molar-refractivity contribution in [3.05, 3.63) is 70.7 Å². The number of fused-ring (bicyclic) bond motifs is 1. The molecule has 1 amide bonds. The fraction of sp³-hybridized carbons (Fsp3) is 0.217. The van der Waals surface area contributed by atoms with Crippen LogP contribution in [-0.2, 0) is 19.4 Å². The molecule has 0 spiro atoms. The zero-order valence-corrected chi connectivity index (χ0v) is 19.5. The molecule has 162 valence electrons. The number of nitrogens with one attached hydrogen (secondary N) is 1. The van der Waals surface area contributed by atoms with E-state index in [9.17, 15) is 18.0 Å². The van der Waals surface area contributed by atoms with E-state index in [1.807, 2.05) is 48.5 Å². The Morgan fingerprint density at radius 2 is 1.74 bits per heavy atom. The number of carbonyl (C=O) groups is 2. The van der Waals surface area contributed by atoms with Crippen LogP contribution in [0.15, 0.2) is 65.1 Å². The molecule has 0 aromatic heterocycles. The van der Waals surface area contributed by atoms with Crippen molar-refractivity contribution in [1.29, 1.82) is 0 Å². The van der Waals surface area contributed by atoms with E-state index in [1.54, 1.807) is 12.1 Å². The minimum atomic E-state index is -3.31. The zero-order chi connectivity index (χ0) is 22.6. The van der Waals surface area contributed by atoms with Gasteiger partial charge in [0.2, 0.25) is 0 Å². The first-order valence-electron chi connectivity index (χ1n) is 9.53. The highest BCUT2D eigenvalue weighted by Gasteiger charge is 2.25. The van der Waals surface area contributed by atoms with Crippen LogP contribution in [0.1, 0.15) is 16.8 Å². The average Bonchev–Trinajstić information content (AvgIpc) is 2.74. The van der Waals surface area contributed by atoms with Crippen LogP contribution < -0.4 is 5.32 Å². The van der Waals surface area contributed by atoms with Gasteiger partial charge in [-0.2, -0.15) is 0 Å². The highest BCUT2D eigenvalue weighted by molar-refractivity contribution is 9.10. The molecular formula is C23H22BrNO5S. The van der Waals surface area contributed by atoms with Gasteiger partial charge in [-0.3, -0.25) is 4.79 Å². The lowest BCUT2D eigenvalue weighted by Crippen LogP contribution is -2.42. The molecule has 3 aromatic carbocycles. The highest BCUT2D eigenvalue weighted by atomic mass is 79.9. The molecular weight excluding hydrogens is 482 g/mol. The van der Waals surface area contributed by atoms with Gasteiger partial charge in [0, 0.05) is 16.3 Å². The Morgan fingerprint density at radius 1 is 1.03 bits per heavy atom. The summed E-state index contributed by atoms with van der Waals surface area (Å²) in [6.07, 6.45) is 1.01. The van der Waals surface area contributed by atoms with Crippen LogP contribution in [0, 0.1) is 0 Å². The van der Waals surface area contributed by atoms with E-state index in [4.69, 9.17) is 4.74 Å². The minimum absolute atomic E-state index is 0.0720. The van der Waals surface area contributed by atoms with Gasteiger partial charge in [0.25, 0.3) is 5.91 Å². The van der Waals surface area contributed by atoms with Crippen LogP contribution in [0.3, 0.4) is 0 Å². The van der Waals surface area contributed by atoms with Gasteiger partial charge in [-0.15, -0.1) is 0 Å². The molecule has 0 aliphatic heterocycles. The van der Waals surface area contributed by atoms with Gasteiger partial charge >= 0.3 is 5.97 Å². The van der Waals surface area contributed by atoms with E-state index in [-0.39, 0.29) is 12.2 Å². The van der Waals surface area contributed by atoms with Gasteiger partial charge in [-0.25, -0.2) is 13.2 Å². The number of hydrogen-bond acceptors (Lipinski definition) is 5. The quantitative estimate of drug-likeness (QED) is 0.492. The number of rotatable bonds is 7. The molecule has 0 radical (unpaired) electrons. The lowest BCUT2D eigenvalue weighted by atomic mass is 9.94. The van der Waals surface area contributed by atoms with Crippen LogP contribution in [-0.4, -0.2) is 45.5 Å². The molecule has 8 heteroatoms. The van der Waals surface area contributed by atoms with Gasteiger partial charge in [-0.1, -0.05) is 58.4 Å². The fourth-order valence-electron chi connectivity index (χ4n) is 3.36. The van der Waals surface area contributed by atoms with E-state index in [0.717, 1.165) is 27.1 Å². The van der Waals surface area contributed by atoms with Crippen molar-refractivity contribution < 1.29 is 22.7 Å². The molecule has 6 nitrogen and oxygen atoms in total. The molecule has 0 heterocycles. The van der Waals surface area contributed by atoms with Crippen molar-refractivity contribution >= 4 is 48.4 Å². The maximum Gasteiger partial charge on any atom is 0.328 e. The number of esters is 1. The number of halogens is 1. The molecule has 0 saturated heterocycles. The van der Waals surface area contributed by atoms with E-state index in [2.05, 4.69) is 21.2 Å². The van der Waals surface area contributed by atoms with Crippen LogP contribution in [0.4, 0.5) is 0 Å². The number of hydrogen-bond donors (Lipinski definition) is 1. The SMILES string of the molecule is COC(=O)[C@H](CCS(C)(=O)=O)NC(=O)c1ccc(Br)cc1-c1cccc2ccccc12.